The first-order valence-electron chi connectivity index (χ1n) is 4.70. The SMILES string of the molecule is CC1(C)CCSCC1(N)c1ncon1. The number of nitrogens with two attached hydrogens (primary N) is 1. The van der Waals surface area contributed by atoms with Gasteiger partial charge in [0.15, 0.2) is 5.82 Å². The molecular formula is C9H15N3OS. The lowest BCUT2D eigenvalue weighted by molar-refractivity contribution is 0.161. The summed E-state index contributed by atoms with van der Waals surface area (Å²) in [5.74, 6) is 2.65. The molecule has 0 aromatic carbocycles. The van der Waals surface area contributed by atoms with E-state index in [1.807, 2.05) is 11.8 Å². The van der Waals surface area contributed by atoms with Crippen LogP contribution in [0.1, 0.15) is 26.1 Å². The summed E-state index contributed by atoms with van der Waals surface area (Å²) in [6.45, 7) is 4.34. The topological polar surface area (TPSA) is 64.9 Å². The van der Waals surface area contributed by atoms with E-state index in [1.54, 1.807) is 0 Å². The van der Waals surface area contributed by atoms with Gasteiger partial charge in [0.2, 0.25) is 6.39 Å². The molecule has 1 saturated heterocycles. The summed E-state index contributed by atoms with van der Waals surface area (Å²) >= 11 is 1.86. The molecule has 0 amide bonds. The van der Waals surface area contributed by atoms with E-state index in [1.165, 1.54) is 6.39 Å². The molecular weight excluding hydrogens is 198 g/mol. The second kappa shape index (κ2) is 3.24. The second-order valence-electron chi connectivity index (χ2n) is 4.41. The average Bonchev–Trinajstić information content (AvgIpc) is 2.63. The molecule has 0 bridgehead atoms. The first kappa shape index (κ1) is 9.98. The Bertz CT molecular complexity index is 312. The van der Waals surface area contributed by atoms with Gasteiger partial charge in [-0.25, -0.2) is 0 Å². The van der Waals surface area contributed by atoms with Crippen LogP contribution in [-0.2, 0) is 5.54 Å². The molecule has 1 atom stereocenters. The summed E-state index contributed by atoms with van der Waals surface area (Å²) in [6, 6.07) is 0. The molecule has 5 heteroatoms. The van der Waals surface area contributed by atoms with E-state index in [-0.39, 0.29) is 5.41 Å². The Balaban J connectivity index is 2.37. The molecule has 78 valence electrons. The minimum atomic E-state index is -0.455. The highest BCUT2D eigenvalue weighted by molar-refractivity contribution is 7.99. The van der Waals surface area contributed by atoms with Crippen molar-refractivity contribution in [2.45, 2.75) is 25.8 Å². The minimum Gasteiger partial charge on any atom is -0.343 e. The van der Waals surface area contributed by atoms with Crippen LogP contribution >= 0.6 is 11.8 Å². The van der Waals surface area contributed by atoms with Gasteiger partial charge in [-0.1, -0.05) is 19.0 Å². The molecule has 0 aliphatic carbocycles. The number of thioether (sulfide) groups is 1. The van der Waals surface area contributed by atoms with E-state index < -0.39 is 5.54 Å². The van der Waals surface area contributed by atoms with Crippen LogP contribution in [-0.4, -0.2) is 21.6 Å². The third kappa shape index (κ3) is 1.35. The number of rotatable bonds is 1. The highest BCUT2D eigenvalue weighted by Gasteiger charge is 2.48. The van der Waals surface area contributed by atoms with Gasteiger partial charge < -0.3 is 10.3 Å². The van der Waals surface area contributed by atoms with Crippen molar-refractivity contribution in [3.63, 3.8) is 0 Å². The van der Waals surface area contributed by atoms with Gasteiger partial charge in [-0.3, -0.25) is 0 Å². The summed E-state index contributed by atoms with van der Waals surface area (Å²) in [5.41, 5.74) is 5.97. The number of aromatic nitrogens is 2. The molecule has 2 rings (SSSR count). The van der Waals surface area contributed by atoms with Gasteiger partial charge in [0.25, 0.3) is 0 Å². The van der Waals surface area contributed by atoms with Gasteiger partial charge in [0, 0.05) is 5.75 Å². The Hall–Kier alpha value is -0.550. The van der Waals surface area contributed by atoms with Crippen LogP contribution < -0.4 is 5.73 Å². The zero-order valence-electron chi connectivity index (χ0n) is 8.49. The molecule has 1 aromatic heterocycles. The molecule has 0 saturated carbocycles. The molecule has 2 N–H and O–H groups in total. The fourth-order valence-corrected chi connectivity index (χ4v) is 3.35. The van der Waals surface area contributed by atoms with Crippen LogP contribution in [0.15, 0.2) is 10.9 Å². The van der Waals surface area contributed by atoms with Gasteiger partial charge >= 0.3 is 0 Å². The molecule has 1 fully saturated rings. The zero-order chi connectivity index (χ0) is 10.2. The lowest BCUT2D eigenvalue weighted by Gasteiger charge is -2.45. The standard InChI is InChI=1S/C9H15N3OS/c1-8(2)3-4-14-5-9(8,10)7-11-6-13-12-7/h6H,3-5,10H2,1-2H3. The predicted molar refractivity (Wildman–Crippen MR) is 55.9 cm³/mol. The maximum Gasteiger partial charge on any atom is 0.213 e. The van der Waals surface area contributed by atoms with E-state index in [0.29, 0.717) is 5.82 Å². The third-order valence-corrected chi connectivity index (χ3v) is 4.32. The summed E-state index contributed by atoms with van der Waals surface area (Å²) < 4.78 is 4.78. The maximum absolute atomic E-state index is 6.40. The average molecular weight is 213 g/mol. The summed E-state index contributed by atoms with van der Waals surface area (Å²) in [6.07, 6.45) is 2.43. The first-order valence-corrected chi connectivity index (χ1v) is 5.85. The Morgan fingerprint density at radius 1 is 1.57 bits per heavy atom. The lowest BCUT2D eigenvalue weighted by Crippen LogP contribution is -2.55. The molecule has 14 heavy (non-hydrogen) atoms. The number of hydrogen-bond acceptors (Lipinski definition) is 5. The van der Waals surface area contributed by atoms with E-state index in [2.05, 4.69) is 24.0 Å². The molecule has 2 heterocycles. The maximum atomic E-state index is 6.40. The quantitative estimate of drug-likeness (QED) is 0.763. The van der Waals surface area contributed by atoms with Crippen molar-refractivity contribution in [3.8, 4) is 0 Å². The lowest BCUT2D eigenvalue weighted by atomic mass is 9.71. The highest BCUT2D eigenvalue weighted by atomic mass is 32.2. The Labute approximate surface area is 87.6 Å². The molecule has 4 nitrogen and oxygen atoms in total. The van der Waals surface area contributed by atoms with Gasteiger partial charge in [-0.05, 0) is 17.6 Å². The van der Waals surface area contributed by atoms with Crippen molar-refractivity contribution in [2.75, 3.05) is 11.5 Å². The minimum absolute atomic E-state index is 0.0299. The Morgan fingerprint density at radius 3 is 2.93 bits per heavy atom. The summed E-state index contributed by atoms with van der Waals surface area (Å²) in [4.78, 5) is 4.09. The van der Waals surface area contributed by atoms with E-state index in [4.69, 9.17) is 10.3 Å². The van der Waals surface area contributed by atoms with Crippen molar-refractivity contribution in [1.29, 1.82) is 0 Å². The summed E-state index contributed by atoms with van der Waals surface area (Å²) in [5, 5.41) is 3.88. The molecule has 1 unspecified atom stereocenters. The molecule has 1 aliphatic rings. The van der Waals surface area contributed by atoms with Crippen LogP contribution in [0.2, 0.25) is 0 Å². The first-order chi connectivity index (χ1) is 6.56. The fraction of sp³-hybridized carbons (Fsp3) is 0.778. The van der Waals surface area contributed by atoms with E-state index in [9.17, 15) is 0 Å². The normalized spacial score (nSPS) is 31.6. The second-order valence-corrected chi connectivity index (χ2v) is 5.52. The number of hydrogen-bond donors (Lipinski definition) is 1. The zero-order valence-corrected chi connectivity index (χ0v) is 9.30. The predicted octanol–water partition coefficient (Wildman–Crippen LogP) is 1.39. The molecule has 0 spiro atoms. The van der Waals surface area contributed by atoms with E-state index >= 15 is 0 Å². The van der Waals surface area contributed by atoms with Crippen molar-refractivity contribution in [2.24, 2.45) is 11.1 Å². The fourth-order valence-electron chi connectivity index (χ4n) is 1.71. The van der Waals surface area contributed by atoms with Crippen LogP contribution in [0.3, 0.4) is 0 Å². The van der Waals surface area contributed by atoms with Crippen molar-refractivity contribution in [3.05, 3.63) is 12.2 Å². The third-order valence-electron chi connectivity index (χ3n) is 3.17. The van der Waals surface area contributed by atoms with Gasteiger partial charge in [-0.2, -0.15) is 16.7 Å². The van der Waals surface area contributed by atoms with Gasteiger partial charge in [0.05, 0.1) is 5.54 Å². The Morgan fingerprint density at radius 2 is 2.36 bits per heavy atom. The largest absolute Gasteiger partial charge is 0.343 e. The van der Waals surface area contributed by atoms with E-state index in [0.717, 1.165) is 17.9 Å². The monoisotopic (exact) mass is 213 g/mol. The van der Waals surface area contributed by atoms with Gasteiger partial charge in [-0.15, -0.1) is 0 Å². The van der Waals surface area contributed by atoms with Crippen molar-refractivity contribution in [1.82, 2.24) is 10.1 Å². The van der Waals surface area contributed by atoms with Crippen molar-refractivity contribution >= 4 is 11.8 Å². The highest BCUT2D eigenvalue weighted by Crippen LogP contribution is 2.45. The van der Waals surface area contributed by atoms with Gasteiger partial charge in [0.1, 0.15) is 0 Å². The van der Waals surface area contributed by atoms with Crippen LogP contribution in [0.4, 0.5) is 0 Å². The molecule has 1 aliphatic heterocycles. The molecule has 1 aromatic rings. The molecule has 0 radical (unpaired) electrons. The smallest absolute Gasteiger partial charge is 0.213 e. The van der Waals surface area contributed by atoms with Crippen LogP contribution in [0.5, 0.6) is 0 Å². The van der Waals surface area contributed by atoms with Crippen molar-refractivity contribution < 1.29 is 4.52 Å². The number of nitrogens with zero attached hydrogens (tertiary/aromatic N) is 2. The Kier molecular flexibility index (Phi) is 2.31. The van der Waals surface area contributed by atoms with Crippen LogP contribution in [0, 0.1) is 5.41 Å². The van der Waals surface area contributed by atoms with Crippen LogP contribution in [0.25, 0.3) is 0 Å². The summed E-state index contributed by atoms with van der Waals surface area (Å²) in [7, 11) is 0.